The largest absolute Gasteiger partial charge is 0.497 e. The number of ether oxygens (including phenoxy) is 2. The first-order valence-electron chi connectivity index (χ1n) is 8.63. The highest BCUT2D eigenvalue weighted by molar-refractivity contribution is 5.94. The van der Waals surface area contributed by atoms with Gasteiger partial charge in [-0.1, -0.05) is 29.8 Å². The van der Waals surface area contributed by atoms with Crippen LogP contribution in [-0.2, 0) is 6.54 Å². The standard InChI is InChI=1S/C22H22N2O3/c1-15-4-6-16(7-5-15)20-11-9-18(14-23-20)22(25)24-13-17-8-10-19(26-2)12-21(17)27-3/h4-12,14H,13H2,1-3H3,(H,24,25). The Bertz CT molecular complexity index is 919. The summed E-state index contributed by atoms with van der Waals surface area (Å²) in [5, 5.41) is 2.89. The van der Waals surface area contributed by atoms with E-state index in [2.05, 4.69) is 10.3 Å². The summed E-state index contributed by atoms with van der Waals surface area (Å²) in [7, 11) is 3.19. The summed E-state index contributed by atoms with van der Waals surface area (Å²) >= 11 is 0. The average molecular weight is 362 g/mol. The number of methoxy groups -OCH3 is 2. The molecule has 138 valence electrons. The highest BCUT2D eigenvalue weighted by Crippen LogP contribution is 2.24. The molecule has 3 aromatic rings. The molecule has 0 spiro atoms. The van der Waals surface area contributed by atoms with Crippen LogP contribution in [-0.4, -0.2) is 25.1 Å². The topological polar surface area (TPSA) is 60.5 Å². The molecule has 0 aliphatic heterocycles. The number of carbonyl (C=O) groups is 1. The van der Waals surface area contributed by atoms with Crippen LogP contribution in [0.2, 0.25) is 0 Å². The van der Waals surface area contributed by atoms with Gasteiger partial charge in [-0.15, -0.1) is 0 Å². The second-order valence-electron chi connectivity index (χ2n) is 6.16. The second kappa shape index (κ2) is 8.36. The molecule has 2 aromatic carbocycles. The molecule has 1 N–H and O–H groups in total. The number of nitrogens with zero attached hydrogens (tertiary/aromatic N) is 1. The fraction of sp³-hybridized carbons (Fsp3) is 0.182. The number of hydrogen-bond acceptors (Lipinski definition) is 4. The Labute approximate surface area is 159 Å². The van der Waals surface area contributed by atoms with Crippen molar-refractivity contribution < 1.29 is 14.3 Å². The van der Waals surface area contributed by atoms with Gasteiger partial charge in [0.15, 0.2) is 0 Å². The van der Waals surface area contributed by atoms with Crippen molar-refractivity contribution in [1.29, 1.82) is 0 Å². The molecule has 1 aromatic heterocycles. The van der Waals surface area contributed by atoms with Crippen LogP contribution in [0.15, 0.2) is 60.8 Å². The number of aryl methyl sites for hydroxylation is 1. The molecule has 3 rings (SSSR count). The van der Waals surface area contributed by atoms with Gasteiger partial charge in [-0.2, -0.15) is 0 Å². The minimum Gasteiger partial charge on any atom is -0.497 e. The van der Waals surface area contributed by atoms with Crippen LogP contribution >= 0.6 is 0 Å². The van der Waals surface area contributed by atoms with Gasteiger partial charge in [0, 0.05) is 29.9 Å². The van der Waals surface area contributed by atoms with E-state index in [0.29, 0.717) is 23.6 Å². The van der Waals surface area contributed by atoms with Crippen molar-refractivity contribution in [1.82, 2.24) is 10.3 Å². The van der Waals surface area contributed by atoms with Crippen LogP contribution in [0.1, 0.15) is 21.5 Å². The average Bonchev–Trinajstić information content (AvgIpc) is 2.72. The Kier molecular flexibility index (Phi) is 5.71. The lowest BCUT2D eigenvalue weighted by atomic mass is 10.1. The molecule has 0 saturated carbocycles. The van der Waals surface area contributed by atoms with Gasteiger partial charge in [-0.3, -0.25) is 9.78 Å². The van der Waals surface area contributed by atoms with Crippen LogP contribution in [0.5, 0.6) is 11.5 Å². The molecule has 0 fully saturated rings. The smallest absolute Gasteiger partial charge is 0.253 e. The molecule has 0 bridgehead atoms. The Morgan fingerprint density at radius 3 is 2.41 bits per heavy atom. The van der Waals surface area contributed by atoms with Crippen LogP contribution in [0.4, 0.5) is 0 Å². The number of hydrogen-bond donors (Lipinski definition) is 1. The number of carbonyl (C=O) groups excluding carboxylic acids is 1. The zero-order chi connectivity index (χ0) is 19.2. The predicted molar refractivity (Wildman–Crippen MR) is 105 cm³/mol. The zero-order valence-electron chi connectivity index (χ0n) is 15.7. The summed E-state index contributed by atoms with van der Waals surface area (Å²) < 4.78 is 10.5. The van der Waals surface area contributed by atoms with Gasteiger partial charge in [0.2, 0.25) is 0 Å². The van der Waals surface area contributed by atoms with Gasteiger partial charge < -0.3 is 14.8 Å². The van der Waals surface area contributed by atoms with Gasteiger partial charge >= 0.3 is 0 Å². The van der Waals surface area contributed by atoms with E-state index in [4.69, 9.17) is 9.47 Å². The number of pyridine rings is 1. The minimum absolute atomic E-state index is 0.184. The second-order valence-corrected chi connectivity index (χ2v) is 6.16. The van der Waals surface area contributed by atoms with Crippen LogP contribution in [0.25, 0.3) is 11.3 Å². The molecule has 0 saturated heterocycles. The first-order valence-corrected chi connectivity index (χ1v) is 8.63. The Balaban J connectivity index is 1.67. The van der Waals surface area contributed by atoms with Crippen molar-refractivity contribution in [3.05, 3.63) is 77.5 Å². The number of nitrogens with one attached hydrogen (secondary N) is 1. The molecule has 1 heterocycles. The fourth-order valence-electron chi connectivity index (χ4n) is 2.70. The van der Waals surface area contributed by atoms with Crippen LogP contribution < -0.4 is 14.8 Å². The quantitative estimate of drug-likeness (QED) is 0.720. The number of rotatable bonds is 6. The van der Waals surface area contributed by atoms with Crippen molar-refractivity contribution in [2.45, 2.75) is 13.5 Å². The van der Waals surface area contributed by atoms with Gasteiger partial charge in [0.1, 0.15) is 11.5 Å². The minimum atomic E-state index is -0.184. The molecular formula is C22H22N2O3. The van der Waals surface area contributed by atoms with Crippen molar-refractivity contribution in [3.8, 4) is 22.8 Å². The van der Waals surface area contributed by atoms with Gasteiger partial charge in [0.25, 0.3) is 5.91 Å². The van der Waals surface area contributed by atoms with Gasteiger partial charge in [0.05, 0.1) is 25.5 Å². The SMILES string of the molecule is COc1ccc(CNC(=O)c2ccc(-c3ccc(C)cc3)nc2)c(OC)c1. The fourth-order valence-corrected chi connectivity index (χ4v) is 2.70. The maximum absolute atomic E-state index is 12.4. The summed E-state index contributed by atoms with van der Waals surface area (Å²) in [5.74, 6) is 1.19. The van der Waals surface area contributed by atoms with Gasteiger partial charge in [-0.05, 0) is 31.2 Å². The molecule has 5 nitrogen and oxygen atoms in total. The summed E-state index contributed by atoms with van der Waals surface area (Å²) in [5.41, 5.74) is 4.44. The first-order chi connectivity index (χ1) is 13.1. The molecule has 0 atom stereocenters. The summed E-state index contributed by atoms with van der Waals surface area (Å²) in [4.78, 5) is 16.8. The first kappa shape index (κ1) is 18.5. The molecule has 0 aliphatic rings. The molecule has 0 unspecified atom stereocenters. The highest BCUT2D eigenvalue weighted by atomic mass is 16.5. The lowest BCUT2D eigenvalue weighted by Gasteiger charge is -2.11. The molecule has 27 heavy (non-hydrogen) atoms. The maximum atomic E-state index is 12.4. The van der Waals surface area contributed by atoms with E-state index < -0.39 is 0 Å². The third kappa shape index (κ3) is 4.44. The summed E-state index contributed by atoms with van der Waals surface area (Å²) in [6.07, 6.45) is 1.59. The van der Waals surface area contributed by atoms with E-state index >= 15 is 0 Å². The van der Waals surface area contributed by atoms with Crippen molar-refractivity contribution >= 4 is 5.91 Å². The van der Waals surface area contributed by atoms with E-state index in [1.54, 1.807) is 32.5 Å². The van der Waals surface area contributed by atoms with Crippen LogP contribution in [0, 0.1) is 6.92 Å². The maximum Gasteiger partial charge on any atom is 0.253 e. The van der Waals surface area contributed by atoms with E-state index in [9.17, 15) is 4.79 Å². The number of benzene rings is 2. The number of amides is 1. The Morgan fingerprint density at radius 1 is 1.00 bits per heavy atom. The van der Waals surface area contributed by atoms with Crippen molar-refractivity contribution in [3.63, 3.8) is 0 Å². The van der Waals surface area contributed by atoms with Crippen molar-refractivity contribution in [2.24, 2.45) is 0 Å². The number of aromatic nitrogens is 1. The van der Waals surface area contributed by atoms with E-state index in [0.717, 1.165) is 16.8 Å². The third-order valence-corrected chi connectivity index (χ3v) is 4.31. The lowest BCUT2D eigenvalue weighted by molar-refractivity contribution is 0.0950. The summed E-state index contributed by atoms with van der Waals surface area (Å²) in [6, 6.07) is 17.3. The molecule has 0 aliphatic carbocycles. The van der Waals surface area contributed by atoms with E-state index in [-0.39, 0.29) is 5.91 Å². The molecular weight excluding hydrogens is 340 g/mol. The molecule has 1 amide bonds. The highest BCUT2D eigenvalue weighted by Gasteiger charge is 2.10. The predicted octanol–water partition coefficient (Wildman–Crippen LogP) is 4.00. The molecule has 0 radical (unpaired) electrons. The van der Waals surface area contributed by atoms with Gasteiger partial charge in [-0.25, -0.2) is 0 Å². The monoisotopic (exact) mass is 362 g/mol. The van der Waals surface area contributed by atoms with E-state index in [1.807, 2.05) is 49.4 Å². The Hall–Kier alpha value is -3.34. The van der Waals surface area contributed by atoms with Crippen molar-refractivity contribution in [2.75, 3.05) is 14.2 Å². The normalized spacial score (nSPS) is 10.3. The Morgan fingerprint density at radius 2 is 1.78 bits per heavy atom. The lowest BCUT2D eigenvalue weighted by Crippen LogP contribution is -2.23. The molecule has 5 heteroatoms. The van der Waals surface area contributed by atoms with Crippen LogP contribution in [0.3, 0.4) is 0 Å². The van der Waals surface area contributed by atoms with E-state index in [1.165, 1.54) is 5.56 Å². The zero-order valence-corrected chi connectivity index (χ0v) is 15.7. The summed E-state index contributed by atoms with van der Waals surface area (Å²) in [6.45, 7) is 2.40. The third-order valence-electron chi connectivity index (χ3n) is 4.31.